The molecule has 0 amide bonds. The molecule has 0 bridgehead atoms. The fourth-order valence-electron chi connectivity index (χ4n) is 2.77. The second kappa shape index (κ2) is 6.87. The monoisotopic (exact) mass is 280 g/mol. The topological polar surface area (TPSA) is 57.5 Å². The van der Waals surface area contributed by atoms with Crippen LogP contribution in [0.2, 0.25) is 0 Å². The average molecular weight is 280 g/mol. The van der Waals surface area contributed by atoms with Gasteiger partial charge < -0.3 is 10.2 Å². The Morgan fingerprint density at radius 2 is 2.37 bits per heavy atom. The molecular formula is C15H20O3S. The Bertz CT molecular complexity index is 425. The molecule has 1 aliphatic carbocycles. The van der Waals surface area contributed by atoms with E-state index < -0.39 is 12.1 Å². The first-order valence-electron chi connectivity index (χ1n) is 6.75. The van der Waals surface area contributed by atoms with Crippen molar-refractivity contribution >= 4 is 17.3 Å². The van der Waals surface area contributed by atoms with Crippen molar-refractivity contribution in [2.45, 2.75) is 38.2 Å². The lowest BCUT2D eigenvalue weighted by atomic mass is 9.92. The van der Waals surface area contributed by atoms with Crippen molar-refractivity contribution in [3.8, 4) is 0 Å². The molecule has 1 aliphatic rings. The Kier molecular flexibility index (Phi) is 5.16. The number of hydrogen-bond donors (Lipinski definition) is 2. The highest BCUT2D eigenvalue weighted by Gasteiger charge is 2.27. The van der Waals surface area contributed by atoms with Gasteiger partial charge in [0.25, 0.3) is 0 Å². The van der Waals surface area contributed by atoms with Gasteiger partial charge in [-0.3, -0.25) is 4.79 Å². The van der Waals surface area contributed by atoms with E-state index >= 15 is 0 Å². The van der Waals surface area contributed by atoms with E-state index in [1.807, 2.05) is 29.7 Å². The molecule has 4 heteroatoms. The standard InChI is InChI=1S/C15H20O3S/c16-13(10-14-5-2-8-19-14)7-6-11-3-1-4-12(11)9-15(17)18/h2,5-8,11-13,16H,1,3-4,9-10H2,(H,17,18). The van der Waals surface area contributed by atoms with Gasteiger partial charge >= 0.3 is 5.97 Å². The Morgan fingerprint density at radius 1 is 1.53 bits per heavy atom. The van der Waals surface area contributed by atoms with E-state index in [2.05, 4.69) is 0 Å². The number of aliphatic hydroxyl groups excluding tert-OH is 1. The van der Waals surface area contributed by atoms with E-state index in [0.29, 0.717) is 12.3 Å². The van der Waals surface area contributed by atoms with E-state index in [4.69, 9.17) is 5.11 Å². The van der Waals surface area contributed by atoms with E-state index in [1.54, 1.807) is 11.3 Å². The lowest BCUT2D eigenvalue weighted by molar-refractivity contribution is -0.138. The minimum absolute atomic E-state index is 0.239. The summed E-state index contributed by atoms with van der Waals surface area (Å²) in [5.41, 5.74) is 0. The summed E-state index contributed by atoms with van der Waals surface area (Å²) in [7, 11) is 0. The highest BCUT2D eigenvalue weighted by molar-refractivity contribution is 7.09. The number of hydrogen-bond acceptors (Lipinski definition) is 3. The minimum Gasteiger partial charge on any atom is -0.481 e. The van der Waals surface area contributed by atoms with Gasteiger partial charge in [-0.25, -0.2) is 0 Å². The van der Waals surface area contributed by atoms with Gasteiger partial charge in [0.2, 0.25) is 0 Å². The molecule has 1 aromatic heterocycles. The molecule has 0 radical (unpaired) electrons. The molecule has 2 rings (SSSR count). The summed E-state index contributed by atoms with van der Waals surface area (Å²) in [5.74, 6) is -0.166. The molecule has 0 saturated heterocycles. The highest BCUT2D eigenvalue weighted by atomic mass is 32.1. The van der Waals surface area contributed by atoms with Gasteiger partial charge in [0.15, 0.2) is 0 Å². The van der Waals surface area contributed by atoms with E-state index in [0.717, 1.165) is 19.3 Å². The Labute approximate surface area is 117 Å². The summed E-state index contributed by atoms with van der Waals surface area (Å²) in [4.78, 5) is 12.0. The largest absolute Gasteiger partial charge is 0.481 e. The zero-order chi connectivity index (χ0) is 13.7. The van der Waals surface area contributed by atoms with Crippen LogP contribution >= 0.6 is 11.3 Å². The van der Waals surface area contributed by atoms with Gasteiger partial charge in [-0.2, -0.15) is 0 Å². The van der Waals surface area contributed by atoms with Gasteiger partial charge in [-0.05, 0) is 36.1 Å². The molecule has 0 spiro atoms. The molecule has 0 aromatic carbocycles. The van der Waals surface area contributed by atoms with Crippen molar-refractivity contribution < 1.29 is 15.0 Å². The van der Waals surface area contributed by atoms with Crippen LogP contribution in [-0.2, 0) is 11.2 Å². The zero-order valence-electron chi connectivity index (χ0n) is 10.9. The Hall–Kier alpha value is -1.13. The first-order chi connectivity index (χ1) is 9.15. The number of aliphatic hydroxyl groups is 1. The van der Waals surface area contributed by atoms with Crippen molar-refractivity contribution in [1.82, 2.24) is 0 Å². The summed E-state index contributed by atoms with van der Waals surface area (Å²) < 4.78 is 0. The van der Waals surface area contributed by atoms with Crippen LogP contribution < -0.4 is 0 Å². The van der Waals surface area contributed by atoms with Gasteiger partial charge in [0.1, 0.15) is 0 Å². The zero-order valence-corrected chi connectivity index (χ0v) is 11.7. The number of carboxylic acids is 1. The van der Waals surface area contributed by atoms with Gasteiger partial charge in [0, 0.05) is 17.7 Å². The van der Waals surface area contributed by atoms with E-state index in [-0.39, 0.29) is 12.3 Å². The Balaban J connectivity index is 1.85. The van der Waals surface area contributed by atoms with Crippen LogP contribution in [0.5, 0.6) is 0 Å². The van der Waals surface area contributed by atoms with Gasteiger partial charge in [-0.1, -0.05) is 24.6 Å². The molecule has 1 aromatic rings. The Morgan fingerprint density at radius 3 is 3.05 bits per heavy atom. The van der Waals surface area contributed by atoms with Crippen LogP contribution in [0.1, 0.15) is 30.6 Å². The number of carboxylic acid groups (broad SMARTS) is 1. The third-order valence-electron chi connectivity index (χ3n) is 3.73. The molecule has 1 heterocycles. The van der Waals surface area contributed by atoms with Crippen molar-refractivity contribution in [2.24, 2.45) is 11.8 Å². The predicted molar refractivity (Wildman–Crippen MR) is 76.3 cm³/mol. The van der Waals surface area contributed by atoms with Crippen LogP contribution in [0.15, 0.2) is 29.7 Å². The summed E-state index contributed by atoms with van der Waals surface area (Å²) in [6.45, 7) is 0. The molecule has 0 aliphatic heterocycles. The van der Waals surface area contributed by atoms with Crippen molar-refractivity contribution in [3.63, 3.8) is 0 Å². The summed E-state index contributed by atoms with van der Waals surface area (Å²) in [6.07, 6.45) is 7.41. The first kappa shape index (κ1) is 14.3. The quantitative estimate of drug-likeness (QED) is 0.787. The normalized spacial score (nSPS) is 24.9. The molecule has 1 saturated carbocycles. The van der Waals surface area contributed by atoms with Crippen LogP contribution in [0.4, 0.5) is 0 Å². The lowest BCUT2D eigenvalue weighted by Crippen LogP contribution is -2.12. The third-order valence-corrected chi connectivity index (χ3v) is 4.62. The van der Waals surface area contributed by atoms with Crippen molar-refractivity contribution in [1.29, 1.82) is 0 Å². The van der Waals surface area contributed by atoms with Gasteiger partial charge in [0.05, 0.1) is 6.10 Å². The number of aliphatic carboxylic acids is 1. The number of allylic oxidation sites excluding steroid dienone is 1. The smallest absolute Gasteiger partial charge is 0.303 e. The van der Waals surface area contributed by atoms with Crippen LogP contribution in [-0.4, -0.2) is 22.3 Å². The van der Waals surface area contributed by atoms with Crippen LogP contribution in [0.25, 0.3) is 0 Å². The van der Waals surface area contributed by atoms with Gasteiger partial charge in [-0.15, -0.1) is 11.3 Å². The summed E-state index contributed by atoms with van der Waals surface area (Å²) >= 11 is 1.65. The fraction of sp³-hybridized carbons (Fsp3) is 0.533. The molecule has 19 heavy (non-hydrogen) atoms. The minimum atomic E-state index is -0.718. The lowest BCUT2D eigenvalue weighted by Gasteiger charge is -2.14. The second-order valence-electron chi connectivity index (χ2n) is 5.19. The number of thiophene rings is 1. The summed E-state index contributed by atoms with van der Waals surface area (Å²) in [5, 5.41) is 20.8. The highest BCUT2D eigenvalue weighted by Crippen LogP contribution is 2.35. The third kappa shape index (κ3) is 4.48. The van der Waals surface area contributed by atoms with E-state index in [9.17, 15) is 9.90 Å². The molecule has 1 fully saturated rings. The second-order valence-corrected chi connectivity index (χ2v) is 6.22. The van der Waals surface area contributed by atoms with Crippen LogP contribution in [0.3, 0.4) is 0 Å². The van der Waals surface area contributed by atoms with E-state index in [1.165, 1.54) is 4.88 Å². The van der Waals surface area contributed by atoms with Crippen molar-refractivity contribution in [2.75, 3.05) is 0 Å². The molecule has 3 unspecified atom stereocenters. The number of carbonyl (C=O) groups is 1. The molecule has 104 valence electrons. The molecule has 2 N–H and O–H groups in total. The average Bonchev–Trinajstić information content (AvgIpc) is 2.97. The van der Waals surface area contributed by atoms with Crippen LogP contribution in [0, 0.1) is 11.8 Å². The maximum absolute atomic E-state index is 10.8. The molecular weight excluding hydrogens is 260 g/mol. The predicted octanol–water partition coefficient (Wildman–Crippen LogP) is 3.10. The maximum Gasteiger partial charge on any atom is 0.303 e. The molecule has 3 atom stereocenters. The first-order valence-corrected chi connectivity index (χ1v) is 7.63. The van der Waals surface area contributed by atoms with Crippen molar-refractivity contribution in [3.05, 3.63) is 34.5 Å². The maximum atomic E-state index is 10.8. The SMILES string of the molecule is O=C(O)CC1CCCC1C=CC(O)Cc1cccs1. The number of rotatable bonds is 6. The fourth-order valence-corrected chi connectivity index (χ4v) is 3.53. The summed E-state index contributed by atoms with van der Waals surface area (Å²) in [6, 6.07) is 4.00. The molecule has 3 nitrogen and oxygen atoms in total.